The molecule has 4 nitrogen and oxygen atoms in total. The Morgan fingerprint density at radius 3 is 2.36 bits per heavy atom. The van der Waals surface area contributed by atoms with Crippen molar-refractivity contribution in [3.05, 3.63) is 100 Å². The molecule has 0 aliphatic carbocycles. The number of piperidine rings is 1. The Kier molecular flexibility index (Phi) is 7.97. The summed E-state index contributed by atoms with van der Waals surface area (Å²) in [7, 11) is 0. The van der Waals surface area contributed by atoms with Crippen LogP contribution < -0.4 is 10.1 Å². The van der Waals surface area contributed by atoms with Crippen LogP contribution in [0.5, 0.6) is 5.75 Å². The molecule has 4 rings (SSSR count). The number of hydrogen-bond acceptors (Lipinski definition) is 3. The number of carbonyl (C=O) groups excluding carboxylic acids is 1. The maximum absolute atomic E-state index is 13.0. The van der Waals surface area contributed by atoms with Crippen molar-refractivity contribution in [3.8, 4) is 5.75 Å². The van der Waals surface area contributed by atoms with Crippen molar-refractivity contribution in [3.63, 3.8) is 0 Å². The second-order valence-electron chi connectivity index (χ2n) is 8.46. The third-order valence-corrected chi connectivity index (χ3v) is 6.20. The molecule has 3 aromatic rings. The number of halogens is 2. The van der Waals surface area contributed by atoms with Crippen LogP contribution in [0.2, 0.25) is 5.02 Å². The molecule has 0 radical (unpaired) electrons. The standard InChI is InChI=1S/C27H28ClFN2O2/c28-24-3-1-2-22(16-24)18-31-14-12-23(13-15-31)27(32)30-17-20-6-10-26(11-7-20)33-19-21-4-8-25(29)9-5-21/h1-11,16,23H,12-15,17-19H2,(H,30,32). The molecule has 1 aliphatic rings. The van der Waals surface area contributed by atoms with Crippen LogP contribution in [0.3, 0.4) is 0 Å². The maximum Gasteiger partial charge on any atom is 0.223 e. The molecule has 6 heteroatoms. The zero-order chi connectivity index (χ0) is 23.0. The summed E-state index contributed by atoms with van der Waals surface area (Å²) >= 11 is 6.08. The number of nitrogens with zero attached hydrogens (tertiary/aromatic N) is 1. The fourth-order valence-corrected chi connectivity index (χ4v) is 4.24. The molecule has 0 spiro atoms. The van der Waals surface area contributed by atoms with E-state index in [1.165, 1.54) is 17.7 Å². The summed E-state index contributed by atoms with van der Waals surface area (Å²) < 4.78 is 18.7. The Morgan fingerprint density at radius 2 is 1.67 bits per heavy atom. The first kappa shape index (κ1) is 23.3. The Balaban J connectivity index is 1.18. The average molecular weight is 467 g/mol. The van der Waals surface area contributed by atoms with Crippen molar-refractivity contribution in [1.29, 1.82) is 0 Å². The zero-order valence-corrected chi connectivity index (χ0v) is 19.2. The first-order valence-electron chi connectivity index (χ1n) is 11.3. The minimum Gasteiger partial charge on any atom is -0.489 e. The monoisotopic (exact) mass is 466 g/mol. The van der Waals surface area contributed by atoms with Crippen LogP contribution >= 0.6 is 11.6 Å². The van der Waals surface area contributed by atoms with Crippen molar-refractivity contribution in [2.45, 2.75) is 32.5 Å². The second kappa shape index (κ2) is 11.3. The summed E-state index contributed by atoms with van der Waals surface area (Å²) in [6.45, 7) is 3.56. The molecule has 1 heterocycles. The molecular formula is C27H28ClFN2O2. The fourth-order valence-electron chi connectivity index (χ4n) is 4.03. The van der Waals surface area contributed by atoms with E-state index in [-0.39, 0.29) is 17.6 Å². The minimum atomic E-state index is -0.256. The molecule has 33 heavy (non-hydrogen) atoms. The minimum absolute atomic E-state index is 0.0546. The average Bonchev–Trinajstić information content (AvgIpc) is 2.83. The molecule has 1 fully saturated rings. The molecule has 1 aliphatic heterocycles. The number of rotatable bonds is 8. The normalized spacial score (nSPS) is 14.7. The third-order valence-electron chi connectivity index (χ3n) is 5.96. The highest BCUT2D eigenvalue weighted by molar-refractivity contribution is 6.30. The van der Waals surface area contributed by atoms with E-state index in [0.717, 1.165) is 54.4 Å². The molecule has 1 N–H and O–H groups in total. The van der Waals surface area contributed by atoms with E-state index in [2.05, 4.69) is 16.3 Å². The number of carbonyl (C=O) groups is 1. The van der Waals surface area contributed by atoms with Crippen LogP contribution in [0, 0.1) is 11.7 Å². The zero-order valence-electron chi connectivity index (χ0n) is 18.5. The van der Waals surface area contributed by atoms with Crippen molar-refractivity contribution in [2.75, 3.05) is 13.1 Å². The summed E-state index contributed by atoms with van der Waals surface area (Å²) in [5.74, 6) is 0.655. The summed E-state index contributed by atoms with van der Waals surface area (Å²) in [6.07, 6.45) is 1.73. The molecular weight excluding hydrogens is 439 g/mol. The van der Waals surface area contributed by atoms with Gasteiger partial charge in [0.05, 0.1) is 0 Å². The van der Waals surface area contributed by atoms with Crippen LogP contribution in [-0.2, 0) is 24.5 Å². The smallest absolute Gasteiger partial charge is 0.223 e. The lowest BCUT2D eigenvalue weighted by atomic mass is 9.95. The Hall–Kier alpha value is -2.89. The molecule has 3 aromatic carbocycles. The Morgan fingerprint density at radius 1 is 0.970 bits per heavy atom. The van der Waals surface area contributed by atoms with Gasteiger partial charge in [0.1, 0.15) is 18.2 Å². The number of amides is 1. The van der Waals surface area contributed by atoms with Crippen LogP contribution in [0.4, 0.5) is 4.39 Å². The summed E-state index contributed by atoms with van der Waals surface area (Å²) in [5.41, 5.74) is 3.14. The summed E-state index contributed by atoms with van der Waals surface area (Å²) in [5, 5.41) is 3.83. The van der Waals surface area contributed by atoms with Crippen LogP contribution in [0.15, 0.2) is 72.8 Å². The van der Waals surface area contributed by atoms with Gasteiger partial charge >= 0.3 is 0 Å². The quantitative estimate of drug-likeness (QED) is 0.470. The van der Waals surface area contributed by atoms with E-state index in [1.54, 1.807) is 12.1 Å². The largest absolute Gasteiger partial charge is 0.489 e. The molecule has 1 saturated heterocycles. The van der Waals surface area contributed by atoms with Gasteiger partial charge in [-0.25, -0.2) is 4.39 Å². The van der Waals surface area contributed by atoms with Gasteiger partial charge in [0.15, 0.2) is 0 Å². The lowest BCUT2D eigenvalue weighted by Crippen LogP contribution is -2.40. The first-order valence-corrected chi connectivity index (χ1v) is 11.6. The second-order valence-corrected chi connectivity index (χ2v) is 8.89. The molecule has 0 aromatic heterocycles. The molecule has 0 unspecified atom stereocenters. The van der Waals surface area contributed by atoms with E-state index in [4.69, 9.17) is 16.3 Å². The molecule has 0 saturated carbocycles. The number of hydrogen-bond donors (Lipinski definition) is 1. The van der Waals surface area contributed by atoms with Crippen molar-refractivity contribution < 1.29 is 13.9 Å². The number of likely N-dealkylation sites (tertiary alicyclic amines) is 1. The predicted octanol–water partition coefficient (Wildman–Crippen LogP) is 5.59. The number of nitrogens with one attached hydrogen (secondary N) is 1. The molecule has 172 valence electrons. The van der Waals surface area contributed by atoms with Gasteiger partial charge in [-0.05, 0) is 79.0 Å². The van der Waals surface area contributed by atoms with Crippen LogP contribution in [0.25, 0.3) is 0 Å². The lowest BCUT2D eigenvalue weighted by Gasteiger charge is -2.31. The first-order chi connectivity index (χ1) is 16.0. The highest BCUT2D eigenvalue weighted by Gasteiger charge is 2.24. The highest BCUT2D eigenvalue weighted by atomic mass is 35.5. The van der Waals surface area contributed by atoms with Gasteiger partial charge in [-0.1, -0.05) is 48.0 Å². The maximum atomic E-state index is 13.0. The van der Waals surface area contributed by atoms with Crippen molar-refractivity contribution in [2.24, 2.45) is 5.92 Å². The van der Waals surface area contributed by atoms with Crippen LogP contribution in [-0.4, -0.2) is 23.9 Å². The SMILES string of the molecule is O=C(NCc1ccc(OCc2ccc(F)cc2)cc1)C1CCN(Cc2cccc(Cl)c2)CC1. The van der Waals surface area contributed by atoms with Gasteiger partial charge in [-0.3, -0.25) is 9.69 Å². The van der Waals surface area contributed by atoms with Gasteiger partial charge in [-0.2, -0.15) is 0 Å². The number of ether oxygens (including phenoxy) is 1. The van der Waals surface area contributed by atoms with Crippen molar-refractivity contribution in [1.82, 2.24) is 10.2 Å². The van der Waals surface area contributed by atoms with Gasteiger partial charge in [-0.15, -0.1) is 0 Å². The summed E-state index contributed by atoms with van der Waals surface area (Å²) in [6, 6.07) is 21.9. The Labute approximate surface area is 199 Å². The van der Waals surface area contributed by atoms with E-state index in [1.807, 2.05) is 42.5 Å². The van der Waals surface area contributed by atoms with Crippen molar-refractivity contribution >= 4 is 17.5 Å². The van der Waals surface area contributed by atoms with E-state index in [9.17, 15) is 9.18 Å². The third kappa shape index (κ3) is 7.04. The molecule has 0 atom stereocenters. The van der Waals surface area contributed by atoms with Gasteiger partial charge in [0, 0.05) is 24.0 Å². The fraction of sp³-hybridized carbons (Fsp3) is 0.296. The Bertz CT molecular complexity index is 1050. The van der Waals surface area contributed by atoms with Gasteiger partial charge in [0.25, 0.3) is 0 Å². The highest BCUT2D eigenvalue weighted by Crippen LogP contribution is 2.21. The van der Waals surface area contributed by atoms with E-state index < -0.39 is 0 Å². The summed E-state index contributed by atoms with van der Waals surface area (Å²) in [4.78, 5) is 15.0. The van der Waals surface area contributed by atoms with E-state index >= 15 is 0 Å². The molecule has 0 bridgehead atoms. The lowest BCUT2D eigenvalue weighted by molar-refractivity contribution is -0.126. The number of benzene rings is 3. The van der Waals surface area contributed by atoms with Gasteiger partial charge < -0.3 is 10.1 Å². The topological polar surface area (TPSA) is 41.6 Å². The van der Waals surface area contributed by atoms with Gasteiger partial charge in [0.2, 0.25) is 5.91 Å². The predicted molar refractivity (Wildman–Crippen MR) is 128 cm³/mol. The van der Waals surface area contributed by atoms with E-state index in [0.29, 0.717) is 13.2 Å². The molecule has 1 amide bonds. The van der Waals surface area contributed by atoms with Crippen LogP contribution in [0.1, 0.15) is 29.5 Å².